The molecule has 0 bridgehead atoms. The average Bonchev–Trinajstić information content (AvgIpc) is 3.01. The molecule has 0 fully saturated rings. The van der Waals surface area contributed by atoms with Crippen molar-refractivity contribution < 1.29 is 4.57 Å². The van der Waals surface area contributed by atoms with E-state index in [9.17, 15) is 0 Å². The fraction of sp³-hybridized carbons (Fsp3) is 0. The van der Waals surface area contributed by atoms with Gasteiger partial charge < -0.3 is 4.57 Å². The lowest BCUT2D eigenvalue weighted by Gasteiger charge is -2.22. The number of hydrogen-bond donors (Lipinski definition) is 0. The monoisotopic (exact) mass is 452 g/mol. The fourth-order valence-corrected chi connectivity index (χ4v) is 8.65. The minimum Gasteiger partial charge on any atom is -0.309 e. The van der Waals surface area contributed by atoms with Crippen LogP contribution in [0.5, 0.6) is 0 Å². The number of hydrogen-bond acceptors (Lipinski definition) is 1. The van der Waals surface area contributed by atoms with Gasteiger partial charge in [0, 0.05) is 21.5 Å². The predicted molar refractivity (Wildman–Crippen MR) is 145 cm³/mol. The summed E-state index contributed by atoms with van der Waals surface area (Å²) < 4.78 is 15.5. The summed E-state index contributed by atoms with van der Waals surface area (Å²) in [6.45, 7) is 0. The van der Waals surface area contributed by atoms with E-state index in [4.69, 9.17) is 0 Å². The largest absolute Gasteiger partial charge is 0.309 e. The predicted octanol–water partition coefficient (Wildman–Crippen LogP) is 7.28. The molecule has 0 radical (unpaired) electrons. The molecule has 0 N–H and O–H groups in total. The van der Waals surface area contributed by atoms with Gasteiger partial charge in [0.15, 0.2) is 7.14 Å². The Kier molecular flexibility index (Phi) is 4.19. The summed E-state index contributed by atoms with van der Waals surface area (Å²) in [5.41, 5.74) is 4.45. The van der Waals surface area contributed by atoms with Crippen molar-refractivity contribution in [1.29, 1.82) is 0 Å². The van der Waals surface area contributed by atoms with Crippen molar-refractivity contribution in [2.24, 2.45) is 0 Å². The Morgan fingerprint density at radius 2 is 1.00 bits per heavy atom. The molecule has 34 heavy (non-hydrogen) atoms. The summed E-state index contributed by atoms with van der Waals surface area (Å²) in [4.78, 5) is 0. The maximum atomic E-state index is 15.5. The molecule has 6 aromatic carbocycles. The van der Waals surface area contributed by atoms with E-state index in [2.05, 4.69) is 91.0 Å². The Balaban J connectivity index is 1.78. The Morgan fingerprint density at radius 3 is 1.76 bits per heavy atom. The van der Waals surface area contributed by atoms with Crippen LogP contribution in [0.4, 0.5) is 0 Å². The van der Waals surface area contributed by atoms with E-state index >= 15 is 4.57 Å². The van der Waals surface area contributed by atoms with E-state index in [1.165, 1.54) is 16.3 Å². The van der Waals surface area contributed by atoms with Crippen molar-refractivity contribution in [1.82, 2.24) is 0 Å². The van der Waals surface area contributed by atoms with Gasteiger partial charge in [0.1, 0.15) is 0 Å². The summed E-state index contributed by atoms with van der Waals surface area (Å²) in [6, 6.07) is 43.9. The molecule has 160 valence electrons. The van der Waals surface area contributed by atoms with Crippen LogP contribution in [0.3, 0.4) is 0 Å². The molecule has 0 aliphatic carbocycles. The molecular formula is C32H21OP. The standard InChI is InChI=1S/C32H21OP/c33-34(24-12-2-1-3-13-24)29-17-9-8-16-27(29)31-25-14-6-4-10-22(25)18-20-28(31)32-26-15-7-5-11-23(26)19-21-30(32)34/h1-21H. The van der Waals surface area contributed by atoms with Crippen LogP contribution >= 0.6 is 7.14 Å². The quantitative estimate of drug-likeness (QED) is 0.239. The van der Waals surface area contributed by atoms with Crippen LogP contribution in [0, 0.1) is 0 Å². The minimum atomic E-state index is -3.15. The van der Waals surface area contributed by atoms with Crippen LogP contribution < -0.4 is 15.9 Å². The second-order valence-electron chi connectivity index (χ2n) is 8.85. The highest BCUT2D eigenvalue weighted by atomic mass is 31.2. The Labute approximate surface area is 198 Å². The molecule has 0 amide bonds. The Bertz CT molecular complexity index is 1780. The van der Waals surface area contributed by atoms with Gasteiger partial charge >= 0.3 is 0 Å². The average molecular weight is 452 g/mol. The van der Waals surface area contributed by atoms with Crippen molar-refractivity contribution in [3.05, 3.63) is 127 Å². The molecule has 0 saturated carbocycles. The van der Waals surface area contributed by atoms with Crippen molar-refractivity contribution in [2.45, 2.75) is 0 Å². The van der Waals surface area contributed by atoms with Gasteiger partial charge in [-0.15, -0.1) is 0 Å². The van der Waals surface area contributed by atoms with E-state index in [1.54, 1.807) is 0 Å². The van der Waals surface area contributed by atoms with Crippen LogP contribution in [-0.4, -0.2) is 0 Å². The van der Waals surface area contributed by atoms with Crippen LogP contribution in [-0.2, 0) is 4.57 Å². The van der Waals surface area contributed by atoms with Crippen molar-refractivity contribution in [3.8, 4) is 22.3 Å². The summed E-state index contributed by atoms with van der Waals surface area (Å²) in [6.07, 6.45) is 0. The van der Waals surface area contributed by atoms with Crippen molar-refractivity contribution >= 4 is 44.6 Å². The third-order valence-corrected chi connectivity index (χ3v) is 10.2. The molecular weight excluding hydrogens is 431 g/mol. The first-order chi connectivity index (χ1) is 16.8. The molecule has 1 aliphatic rings. The summed E-state index contributed by atoms with van der Waals surface area (Å²) in [7, 11) is -3.15. The SMILES string of the molecule is O=P1(c2ccccc2)c2ccccc2-c2c(ccc3ccccc23)-c2c1ccc1ccccc21. The van der Waals surface area contributed by atoms with Gasteiger partial charge in [0.05, 0.1) is 0 Å². The fourth-order valence-electron chi connectivity index (χ4n) is 5.58. The molecule has 1 heterocycles. The minimum absolute atomic E-state index is 0.871. The maximum Gasteiger partial charge on any atom is 0.172 e. The molecule has 0 saturated heterocycles. The van der Waals surface area contributed by atoms with Gasteiger partial charge in [-0.1, -0.05) is 121 Å². The van der Waals surface area contributed by atoms with E-state index < -0.39 is 7.14 Å². The van der Waals surface area contributed by atoms with E-state index in [0.717, 1.165) is 43.4 Å². The maximum absolute atomic E-state index is 15.5. The van der Waals surface area contributed by atoms with Gasteiger partial charge in [0.2, 0.25) is 0 Å². The third-order valence-electron chi connectivity index (χ3n) is 7.08. The second kappa shape index (κ2) is 7.29. The van der Waals surface area contributed by atoms with Crippen LogP contribution in [0.1, 0.15) is 0 Å². The van der Waals surface area contributed by atoms with Crippen LogP contribution in [0.15, 0.2) is 127 Å². The zero-order valence-corrected chi connectivity index (χ0v) is 19.4. The van der Waals surface area contributed by atoms with Gasteiger partial charge in [0.25, 0.3) is 0 Å². The lowest BCUT2D eigenvalue weighted by Crippen LogP contribution is -2.26. The van der Waals surface area contributed by atoms with Gasteiger partial charge in [-0.2, -0.15) is 0 Å². The second-order valence-corrected chi connectivity index (χ2v) is 11.6. The zero-order chi connectivity index (χ0) is 22.7. The lowest BCUT2D eigenvalue weighted by molar-refractivity contribution is 0.592. The molecule has 0 aromatic heterocycles. The highest BCUT2D eigenvalue weighted by molar-refractivity contribution is 7.85. The first-order valence-corrected chi connectivity index (χ1v) is 13.3. The normalized spacial score (nSPS) is 16.5. The number of rotatable bonds is 1. The highest BCUT2D eigenvalue weighted by Gasteiger charge is 2.38. The van der Waals surface area contributed by atoms with Crippen molar-refractivity contribution in [3.63, 3.8) is 0 Å². The lowest BCUT2D eigenvalue weighted by atomic mass is 9.88. The molecule has 1 atom stereocenters. The third kappa shape index (κ3) is 2.59. The Hall–Kier alpha value is -3.93. The number of fused-ring (bicyclic) bond motifs is 9. The molecule has 6 aromatic rings. The smallest absolute Gasteiger partial charge is 0.172 e. The molecule has 1 aliphatic heterocycles. The molecule has 0 spiro atoms. The Morgan fingerprint density at radius 1 is 0.412 bits per heavy atom. The van der Waals surface area contributed by atoms with E-state index in [-0.39, 0.29) is 0 Å². The topological polar surface area (TPSA) is 17.1 Å². The highest BCUT2D eigenvalue weighted by Crippen LogP contribution is 2.54. The van der Waals surface area contributed by atoms with E-state index in [0.29, 0.717) is 0 Å². The molecule has 1 nitrogen and oxygen atoms in total. The van der Waals surface area contributed by atoms with Crippen LogP contribution in [0.2, 0.25) is 0 Å². The molecule has 1 unspecified atom stereocenters. The summed E-state index contributed by atoms with van der Waals surface area (Å²) >= 11 is 0. The first-order valence-electron chi connectivity index (χ1n) is 11.6. The number of benzene rings is 6. The molecule has 7 rings (SSSR count). The molecule has 2 heteroatoms. The first kappa shape index (κ1) is 19.5. The van der Waals surface area contributed by atoms with Gasteiger partial charge in [-0.25, -0.2) is 0 Å². The summed E-state index contributed by atoms with van der Waals surface area (Å²) in [5, 5.41) is 7.37. The zero-order valence-electron chi connectivity index (χ0n) is 18.5. The van der Waals surface area contributed by atoms with Crippen LogP contribution in [0.25, 0.3) is 43.8 Å². The van der Waals surface area contributed by atoms with Gasteiger partial charge in [-0.3, -0.25) is 0 Å². The van der Waals surface area contributed by atoms with Gasteiger partial charge in [-0.05, 0) is 44.3 Å². The van der Waals surface area contributed by atoms with E-state index in [1.807, 2.05) is 36.4 Å². The summed E-state index contributed by atoms with van der Waals surface area (Å²) in [5.74, 6) is 0. The van der Waals surface area contributed by atoms with Crippen molar-refractivity contribution in [2.75, 3.05) is 0 Å².